The van der Waals surface area contributed by atoms with Gasteiger partial charge in [0.05, 0.1) is 18.0 Å². The van der Waals surface area contributed by atoms with Gasteiger partial charge in [0, 0.05) is 11.6 Å². The third-order valence-corrected chi connectivity index (χ3v) is 4.54. The SMILES string of the molecule is COc1ccc(C2(C(=O)O)CCCCC2)c2cc[nH]c12. The van der Waals surface area contributed by atoms with E-state index in [1.807, 2.05) is 24.4 Å². The highest BCUT2D eigenvalue weighted by Crippen LogP contribution is 2.43. The van der Waals surface area contributed by atoms with Crippen molar-refractivity contribution < 1.29 is 14.6 Å². The average molecular weight is 273 g/mol. The van der Waals surface area contributed by atoms with Crippen LogP contribution in [0.25, 0.3) is 10.9 Å². The van der Waals surface area contributed by atoms with E-state index < -0.39 is 11.4 Å². The van der Waals surface area contributed by atoms with Crippen LogP contribution in [-0.2, 0) is 10.2 Å². The van der Waals surface area contributed by atoms with Gasteiger partial charge in [-0.3, -0.25) is 4.79 Å². The summed E-state index contributed by atoms with van der Waals surface area (Å²) in [4.78, 5) is 15.1. The lowest BCUT2D eigenvalue weighted by atomic mass is 9.68. The Bertz CT molecular complexity index is 638. The molecule has 0 spiro atoms. The lowest BCUT2D eigenvalue weighted by molar-refractivity contribution is -0.145. The van der Waals surface area contributed by atoms with E-state index in [2.05, 4.69) is 4.98 Å². The summed E-state index contributed by atoms with van der Waals surface area (Å²) in [6.45, 7) is 0. The summed E-state index contributed by atoms with van der Waals surface area (Å²) >= 11 is 0. The number of hydrogen-bond acceptors (Lipinski definition) is 2. The number of hydrogen-bond donors (Lipinski definition) is 2. The Morgan fingerprint density at radius 2 is 2.00 bits per heavy atom. The van der Waals surface area contributed by atoms with Crippen molar-refractivity contribution in [1.82, 2.24) is 4.98 Å². The smallest absolute Gasteiger partial charge is 0.314 e. The van der Waals surface area contributed by atoms with Crippen LogP contribution in [0.4, 0.5) is 0 Å². The van der Waals surface area contributed by atoms with Crippen LogP contribution in [-0.4, -0.2) is 23.2 Å². The molecule has 1 aliphatic carbocycles. The van der Waals surface area contributed by atoms with Gasteiger partial charge in [-0.25, -0.2) is 0 Å². The maximum absolute atomic E-state index is 12.0. The van der Waals surface area contributed by atoms with E-state index in [0.29, 0.717) is 0 Å². The van der Waals surface area contributed by atoms with Crippen LogP contribution in [0.3, 0.4) is 0 Å². The van der Waals surface area contributed by atoms with Crippen molar-refractivity contribution in [1.29, 1.82) is 0 Å². The van der Waals surface area contributed by atoms with Gasteiger partial charge in [-0.2, -0.15) is 0 Å². The molecule has 4 heteroatoms. The van der Waals surface area contributed by atoms with Gasteiger partial charge in [0.25, 0.3) is 0 Å². The second kappa shape index (κ2) is 4.85. The minimum absolute atomic E-state index is 0.704. The van der Waals surface area contributed by atoms with Gasteiger partial charge in [0.2, 0.25) is 0 Å². The molecule has 1 fully saturated rings. The maximum Gasteiger partial charge on any atom is 0.314 e. The molecular formula is C16H19NO3. The molecule has 3 rings (SSSR count). The number of aromatic nitrogens is 1. The molecule has 2 aromatic rings. The van der Waals surface area contributed by atoms with Crippen LogP contribution >= 0.6 is 0 Å². The Hall–Kier alpha value is -1.97. The summed E-state index contributed by atoms with van der Waals surface area (Å²) < 4.78 is 5.34. The Morgan fingerprint density at radius 3 is 2.65 bits per heavy atom. The number of methoxy groups -OCH3 is 1. The number of nitrogens with one attached hydrogen (secondary N) is 1. The molecule has 0 bridgehead atoms. The third kappa shape index (κ3) is 1.79. The van der Waals surface area contributed by atoms with Crippen LogP contribution < -0.4 is 4.74 Å². The monoisotopic (exact) mass is 273 g/mol. The standard InChI is InChI=1S/C16H19NO3/c1-20-13-6-5-12(11-7-10-17-14(11)13)16(15(18)19)8-3-2-4-9-16/h5-7,10,17H,2-4,8-9H2,1H3,(H,18,19). The molecule has 2 N–H and O–H groups in total. The van der Waals surface area contributed by atoms with Crippen molar-refractivity contribution in [2.24, 2.45) is 0 Å². The molecule has 0 amide bonds. The van der Waals surface area contributed by atoms with E-state index in [9.17, 15) is 9.90 Å². The number of H-pyrrole nitrogens is 1. The normalized spacial score (nSPS) is 18.1. The molecule has 1 heterocycles. The fourth-order valence-corrected chi connectivity index (χ4v) is 3.47. The van der Waals surface area contributed by atoms with Gasteiger partial charge in [-0.05, 0) is 30.5 Å². The molecule has 0 atom stereocenters. The predicted octanol–water partition coefficient (Wildman–Crippen LogP) is 3.46. The first-order chi connectivity index (χ1) is 9.69. The van der Waals surface area contributed by atoms with Gasteiger partial charge in [0.15, 0.2) is 0 Å². The molecule has 0 unspecified atom stereocenters. The molecule has 0 aliphatic heterocycles. The number of benzene rings is 1. The predicted molar refractivity (Wildman–Crippen MR) is 77.2 cm³/mol. The largest absolute Gasteiger partial charge is 0.495 e. The highest BCUT2D eigenvalue weighted by molar-refractivity contribution is 5.94. The first-order valence-electron chi connectivity index (χ1n) is 7.07. The lowest BCUT2D eigenvalue weighted by Crippen LogP contribution is -2.38. The van der Waals surface area contributed by atoms with E-state index >= 15 is 0 Å². The second-order valence-corrected chi connectivity index (χ2v) is 5.53. The molecule has 4 nitrogen and oxygen atoms in total. The topological polar surface area (TPSA) is 62.3 Å². The minimum Gasteiger partial charge on any atom is -0.495 e. The quantitative estimate of drug-likeness (QED) is 0.900. The average Bonchev–Trinajstić information content (AvgIpc) is 2.96. The number of aliphatic carboxylic acids is 1. The van der Waals surface area contributed by atoms with Gasteiger partial charge in [-0.1, -0.05) is 25.3 Å². The maximum atomic E-state index is 12.0. The Kier molecular flexibility index (Phi) is 3.16. The third-order valence-electron chi connectivity index (χ3n) is 4.54. The van der Waals surface area contributed by atoms with E-state index in [0.717, 1.165) is 54.3 Å². The first-order valence-corrected chi connectivity index (χ1v) is 7.07. The number of carboxylic acid groups (broad SMARTS) is 1. The second-order valence-electron chi connectivity index (χ2n) is 5.53. The molecular weight excluding hydrogens is 254 g/mol. The van der Waals surface area contributed by atoms with E-state index in [4.69, 9.17) is 4.74 Å². The summed E-state index contributed by atoms with van der Waals surface area (Å²) in [5, 5.41) is 10.8. The number of carboxylic acids is 1. The van der Waals surface area contributed by atoms with Gasteiger partial charge in [-0.15, -0.1) is 0 Å². The highest BCUT2D eigenvalue weighted by Gasteiger charge is 2.42. The van der Waals surface area contributed by atoms with Gasteiger partial charge < -0.3 is 14.8 Å². The van der Waals surface area contributed by atoms with Gasteiger partial charge >= 0.3 is 5.97 Å². The molecule has 0 saturated heterocycles. The molecule has 106 valence electrons. The van der Waals surface area contributed by atoms with Crippen LogP contribution in [0.1, 0.15) is 37.7 Å². The van der Waals surface area contributed by atoms with Crippen molar-refractivity contribution in [2.45, 2.75) is 37.5 Å². The zero-order valence-corrected chi connectivity index (χ0v) is 11.6. The summed E-state index contributed by atoms with van der Waals surface area (Å²) in [6, 6.07) is 5.74. The first kappa shape index (κ1) is 13.0. The van der Waals surface area contributed by atoms with E-state index in [1.165, 1.54) is 0 Å². The number of ether oxygens (including phenoxy) is 1. The lowest BCUT2D eigenvalue weighted by Gasteiger charge is -2.34. The summed E-state index contributed by atoms with van der Waals surface area (Å²) in [5.74, 6) is 0.0509. The number of rotatable bonds is 3. The van der Waals surface area contributed by atoms with Crippen LogP contribution in [0, 0.1) is 0 Å². The number of aromatic amines is 1. The molecule has 20 heavy (non-hydrogen) atoms. The fraction of sp³-hybridized carbons (Fsp3) is 0.438. The van der Waals surface area contributed by atoms with Crippen molar-refractivity contribution >= 4 is 16.9 Å². The summed E-state index contributed by atoms with van der Waals surface area (Å²) in [7, 11) is 1.63. The Labute approximate surface area is 117 Å². The van der Waals surface area contributed by atoms with Crippen molar-refractivity contribution in [3.05, 3.63) is 30.0 Å². The molecule has 0 radical (unpaired) electrons. The summed E-state index contributed by atoms with van der Waals surface area (Å²) in [5.41, 5.74) is 1.06. The van der Waals surface area contributed by atoms with Gasteiger partial charge in [0.1, 0.15) is 5.75 Å². The molecule has 1 aliphatic rings. The summed E-state index contributed by atoms with van der Waals surface area (Å²) in [6.07, 6.45) is 6.36. The van der Waals surface area contributed by atoms with E-state index in [1.54, 1.807) is 7.11 Å². The van der Waals surface area contributed by atoms with Crippen molar-refractivity contribution in [3.8, 4) is 5.75 Å². The number of fused-ring (bicyclic) bond motifs is 1. The number of carbonyl (C=O) groups is 1. The molecule has 1 aromatic heterocycles. The van der Waals surface area contributed by atoms with Crippen LogP contribution in [0.2, 0.25) is 0 Å². The van der Waals surface area contributed by atoms with Crippen molar-refractivity contribution in [3.63, 3.8) is 0 Å². The molecule has 1 aromatic carbocycles. The van der Waals surface area contributed by atoms with Crippen LogP contribution in [0.15, 0.2) is 24.4 Å². The zero-order valence-electron chi connectivity index (χ0n) is 11.6. The Balaban J connectivity index is 2.22. The zero-order chi connectivity index (χ0) is 14.2. The van der Waals surface area contributed by atoms with E-state index in [-0.39, 0.29) is 0 Å². The van der Waals surface area contributed by atoms with Crippen LogP contribution in [0.5, 0.6) is 5.75 Å². The van der Waals surface area contributed by atoms with Crippen molar-refractivity contribution in [2.75, 3.05) is 7.11 Å². The Morgan fingerprint density at radius 1 is 1.25 bits per heavy atom. The molecule has 1 saturated carbocycles. The minimum atomic E-state index is -0.745. The fourth-order valence-electron chi connectivity index (χ4n) is 3.47. The highest BCUT2D eigenvalue weighted by atomic mass is 16.5.